The highest BCUT2D eigenvalue weighted by molar-refractivity contribution is 6.28. The zero-order chi connectivity index (χ0) is 47.8. The monoisotopic (exact) mass is 965 g/mol. The number of anilines is 4. The average Bonchev–Trinajstić information content (AvgIpc) is 3.61. The van der Waals surface area contributed by atoms with Gasteiger partial charge in [-0.05, 0) is 66.6 Å². The number of phenolic OH excluding ortho intramolecular Hbond substituents is 2. The summed E-state index contributed by atoms with van der Waals surface area (Å²) in [7, 11) is 0. The van der Waals surface area contributed by atoms with Crippen LogP contribution in [-0.4, -0.2) is 90.5 Å². The van der Waals surface area contributed by atoms with E-state index in [0.29, 0.717) is 116 Å². The second-order valence-corrected chi connectivity index (χ2v) is 17.9. The molecule has 0 atom stereocenters. The zero-order valence-electron chi connectivity index (χ0n) is 39.5. The van der Waals surface area contributed by atoms with E-state index in [0.717, 1.165) is 24.9 Å². The predicted molar refractivity (Wildman–Crippen MR) is 263 cm³/mol. The van der Waals surface area contributed by atoms with Gasteiger partial charge in [-0.3, -0.25) is 0 Å². The van der Waals surface area contributed by atoms with Crippen LogP contribution in [0.2, 0.25) is 5.28 Å². The number of carbonyl (C=O) groups is 1. The normalized spacial score (nSPS) is 15.5. The minimum absolute atomic E-state index is 0.0233. The van der Waals surface area contributed by atoms with Gasteiger partial charge in [0.25, 0.3) is 0 Å². The van der Waals surface area contributed by atoms with Crippen LogP contribution in [0.15, 0.2) is 72.8 Å². The summed E-state index contributed by atoms with van der Waals surface area (Å²) in [5.41, 5.74) is 1.79. The summed E-state index contributed by atoms with van der Waals surface area (Å²) in [6, 6.07) is 20.3. The molecular weight excluding hydrogens is 902 g/mol. The third-order valence-electron chi connectivity index (χ3n) is 12.6. The maximum absolute atomic E-state index is 13.9. The van der Waals surface area contributed by atoms with Crippen molar-refractivity contribution < 1.29 is 48.2 Å². The number of aromatic nitrogens is 3. The van der Waals surface area contributed by atoms with E-state index in [4.69, 9.17) is 49.7 Å². The largest absolute Gasteiger partial charge is 0.508 e. The second kappa shape index (κ2) is 24.6. The molecule has 3 N–H and O–H groups in total. The molecule has 0 saturated heterocycles. The second-order valence-electron chi connectivity index (χ2n) is 17.6. The van der Waals surface area contributed by atoms with Crippen molar-refractivity contribution >= 4 is 40.8 Å². The quantitative estimate of drug-likeness (QED) is 0.0526. The number of phenols is 2. The molecule has 8 rings (SSSR count). The Morgan fingerprint density at radius 2 is 1.14 bits per heavy atom. The Morgan fingerprint density at radius 1 is 0.594 bits per heavy atom. The number of carbonyl (C=O) groups excluding carboxylic acids is 1. The Kier molecular flexibility index (Phi) is 17.7. The van der Waals surface area contributed by atoms with E-state index in [9.17, 15) is 15.0 Å². The van der Waals surface area contributed by atoms with Gasteiger partial charge in [-0.25, -0.2) is 4.79 Å². The van der Waals surface area contributed by atoms with Crippen molar-refractivity contribution in [2.75, 3.05) is 69.6 Å². The van der Waals surface area contributed by atoms with E-state index in [1.807, 2.05) is 23.1 Å². The summed E-state index contributed by atoms with van der Waals surface area (Å²) < 4.78 is 41.8. The van der Waals surface area contributed by atoms with Gasteiger partial charge >= 0.3 is 5.97 Å². The summed E-state index contributed by atoms with van der Waals surface area (Å²) >= 11 is 6.70. The number of hydrogen-bond acceptors (Lipinski definition) is 15. The summed E-state index contributed by atoms with van der Waals surface area (Å²) in [6.07, 6.45) is 17.5. The van der Waals surface area contributed by atoms with Gasteiger partial charge in [0.1, 0.15) is 36.2 Å². The van der Waals surface area contributed by atoms with Crippen molar-refractivity contribution in [3.8, 4) is 34.5 Å². The van der Waals surface area contributed by atoms with Gasteiger partial charge in [0.2, 0.25) is 17.2 Å². The average molecular weight is 967 g/mol. The van der Waals surface area contributed by atoms with Gasteiger partial charge in [0, 0.05) is 52.8 Å². The van der Waals surface area contributed by atoms with Crippen molar-refractivity contribution in [3.63, 3.8) is 0 Å². The Bertz CT molecular complexity index is 2440. The van der Waals surface area contributed by atoms with Gasteiger partial charge < -0.3 is 53.6 Å². The van der Waals surface area contributed by atoms with Crippen molar-refractivity contribution in [1.29, 1.82) is 0 Å². The van der Waals surface area contributed by atoms with Crippen molar-refractivity contribution in [3.05, 3.63) is 100 Å². The lowest BCUT2D eigenvalue weighted by molar-refractivity contribution is 0.00708. The highest BCUT2D eigenvalue weighted by atomic mass is 35.5. The van der Waals surface area contributed by atoms with E-state index < -0.39 is 11.6 Å². The number of nitrogens with zero attached hydrogens (tertiary/aromatic N) is 4. The molecule has 0 unspecified atom stereocenters. The lowest BCUT2D eigenvalue weighted by Crippen LogP contribution is -2.32. The Hall–Kier alpha value is -5.87. The third-order valence-corrected chi connectivity index (χ3v) is 12.7. The molecule has 1 spiro atoms. The van der Waals surface area contributed by atoms with Crippen LogP contribution in [0.1, 0.15) is 124 Å². The fourth-order valence-electron chi connectivity index (χ4n) is 9.10. The molecule has 5 aromatic rings. The van der Waals surface area contributed by atoms with Gasteiger partial charge in [0.05, 0.1) is 45.2 Å². The fourth-order valence-corrected chi connectivity index (χ4v) is 9.25. The van der Waals surface area contributed by atoms with Crippen LogP contribution in [0.3, 0.4) is 0 Å². The fraction of sp³-hybridized carbons (Fsp3) is 0.472. The standard InChI is InChI=1S/C53H64ClN5O10/c1-2-3-4-5-6-7-8-9-10-11-12-13-14-15-24-59(38-17-23-45-48(34-38)67-32-30-65-28-26-63-25-27-64-29-31-66-45)52-57-50(54)56-51(58-52)55-37-16-20-42-41(33-37)49(62)69-53(42)43-21-18-39(60)35-46(43)68-47-36-40(61)19-22-44(47)53/h16-23,33-36,60-61H,2-15,24-32H2,1H3,(H,55,56,57,58). The number of aromatic hydroxyl groups is 2. The first-order chi connectivity index (χ1) is 33.8. The number of benzene rings is 4. The van der Waals surface area contributed by atoms with Crippen LogP contribution in [0, 0.1) is 0 Å². The lowest BCUT2D eigenvalue weighted by Gasteiger charge is -2.36. The van der Waals surface area contributed by atoms with E-state index in [-0.39, 0.29) is 22.7 Å². The predicted octanol–water partition coefficient (Wildman–Crippen LogP) is 11.7. The maximum atomic E-state index is 13.9. The van der Waals surface area contributed by atoms with Gasteiger partial charge in [0.15, 0.2) is 17.1 Å². The number of esters is 1. The van der Waals surface area contributed by atoms with Crippen LogP contribution >= 0.6 is 11.6 Å². The molecule has 16 heteroatoms. The molecule has 0 saturated carbocycles. The first-order valence-corrected chi connectivity index (χ1v) is 25.0. The molecule has 368 valence electrons. The third kappa shape index (κ3) is 12.7. The van der Waals surface area contributed by atoms with Crippen molar-refractivity contribution in [2.45, 2.75) is 102 Å². The van der Waals surface area contributed by atoms with Gasteiger partial charge in [-0.1, -0.05) is 96.5 Å². The van der Waals surface area contributed by atoms with Gasteiger partial charge in [-0.2, -0.15) is 15.0 Å². The first-order valence-electron chi connectivity index (χ1n) is 24.6. The lowest BCUT2D eigenvalue weighted by atomic mass is 9.77. The van der Waals surface area contributed by atoms with Crippen LogP contribution in [0.25, 0.3) is 0 Å². The Labute approximate surface area is 409 Å². The Morgan fingerprint density at radius 3 is 1.75 bits per heavy atom. The molecule has 4 aromatic carbocycles. The molecule has 0 amide bonds. The van der Waals surface area contributed by atoms with Gasteiger partial charge in [-0.15, -0.1) is 0 Å². The first kappa shape index (κ1) is 49.5. The number of hydrogen-bond donors (Lipinski definition) is 3. The molecule has 0 bridgehead atoms. The number of fused-ring (bicyclic) bond motifs is 7. The SMILES string of the molecule is CCCCCCCCCCCCCCCCN(c1ccc2c(c1)OCCOCCOCCOCCO2)c1nc(Cl)nc(Nc2ccc3c(c2)C(=O)OC32c3ccc(O)cc3Oc3cc(O)ccc32)n1. The molecule has 69 heavy (non-hydrogen) atoms. The smallest absolute Gasteiger partial charge is 0.340 e. The maximum Gasteiger partial charge on any atom is 0.340 e. The minimum Gasteiger partial charge on any atom is -0.508 e. The molecule has 0 aliphatic carbocycles. The van der Waals surface area contributed by atoms with E-state index >= 15 is 0 Å². The number of rotatable bonds is 19. The summed E-state index contributed by atoms with van der Waals surface area (Å²) in [5.74, 6) is 1.57. The van der Waals surface area contributed by atoms with Crippen molar-refractivity contribution in [2.24, 2.45) is 0 Å². The molecule has 1 aromatic heterocycles. The number of halogens is 1. The minimum atomic E-state index is -1.40. The topological polar surface area (TPSA) is 176 Å². The number of ether oxygens (including phenoxy) is 7. The molecule has 0 radical (unpaired) electrons. The number of unbranched alkanes of at least 4 members (excludes halogenated alkanes) is 13. The highest BCUT2D eigenvalue weighted by Gasteiger charge is 2.53. The summed E-state index contributed by atoms with van der Waals surface area (Å²) in [4.78, 5) is 29.9. The van der Waals surface area contributed by atoms with E-state index in [2.05, 4.69) is 22.2 Å². The van der Waals surface area contributed by atoms with Crippen LogP contribution in [-0.2, 0) is 24.5 Å². The molecule has 3 aliphatic heterocycles. The summed E-state index contributed by atoms with van der Waals surface area (Å²) in [6.45, 7) is 6.11. The molecular formula is C53H64ClN5O10. The molecule has 0 fully saturated rings. The van der Waals surface area contributed by atoms with Crippen LogP contribution in [0.5, 0.6) is 34.5 Å². The van der Waals surface area contributed by atoms with Crippen LogP contribution in [0.4, 0.5) is 23.3 Å². The Balaban J connectivity index is 1.01. The number of nitrogens with one attached hydrogen (secondary N) is 1. The zero-order valence-corrected chi connectivity index (χ0v) is 40.3. The summed E-state index contributed by atoms with van der Waals surface area (Å²) in [5, 5.41) is 23.9. The van der Waals surface area contributed by atoms with E-state index in [1.54, 1.807) is 30.3 Å². The van der Waals surface area contributed by atoms with E-state index in [1.165, 1.54) is 94.9 Å². The molecule has 3 aliphatic rings. The molecule has 15 nitrogen and oxygen atoms in total. The van der Waals surface area contributed by atoms with Crippen molar-refractivity contribution in [1.82, 2.24) is 15.0 Å². The highest BCUT2D eigenvalue weighted by Crippen LogP contribution is 2.57. The molecule has 4 heterocycles. The van der Waals surface area contributed by atoms with Crippen LogP contribution < -0.4 is 24.4 Å².